The van der Waals surface area contributed by atoms with Gasteiger partial charge in [-0.3, -0.25) is 0 Å². The summed E-state index contributed by atoms with van der Waals surface area (Å²) in [5, 5.41) is 0. The number of terminal acetylenes is 1. The van der Waals surface area contributed by atoms with E-state index in [9.17, 15) is 0 Å². The molecule has 0 spiro atoms. The quantitative estimate of drug-likeness (QED) is 0.249. The highest BCUT2D eigenvalue weighted by Gasteiger charge is 2.21. The predicted molar refractivity (Wildman–Crippen MR) is 82.3 cm³/mol. The van der Waals surface area contributed by atoms with Gasteiger partial charge in [0.1, 0.15) is 13.1 Å². The van der Waals surface area contributed by atoms with Crippen molar-refractivity contribution in [2.75, 3.05) is 26.2 Å². The standard InChI is InChI=1S/C17H30N/c1-7-14-18(8-2,9-3)15-17(6)13-11-10-12-16(4)5/h1,13H,4,8-12,14-15H2,2-3,5-6H3/q+1/b17-13+. The molecule has 18 heavy (non-hydrogen) atoms. The monoisotopic (exact) mass is 248 g/mol. The Labute approximate surface area is 114 Å². The van der Waals surface area contributed by atoms with Crippen molar-refractivity contribution in [3.63, 3.8) is 0 Å². The van der Waals surface area contributed by atoms with Crippen molar-refractivity contribution in [1.29, 1.82) is 0 Å². The van der Waals surface area contributed by atoms with E-state index < -0.39 is 0 Å². The van der Waals surface area contributed by atoms with Crippen LogP contribution in [0, 0.1) is 12.3 Å². The Bertz CT molecular complexity index is 313. The Morgan fingerprint density at radius 1 is 1.28 bits per heavy atom. The molecule has 0 aliphatic rings. The summed E-state index contributed by atoms with van der Waals surface area (Å²) < 4.78 is 1.01. The van der Waals surface area contributed by atoms with Crippen molar-refractivity contribution in [1.82, 2.24) is 0 Å². The van der Waals surface area contributed by atoms with Crippen LogP contribution in [0.2, 0.25) is 0 Å². The summed E-state index contributed by atoms with van der Waals surface area (Å²) >= 11 is 0. The van der Waals surface area contributed by atoms with Crippen LogP contribution in [0.1, 0.15) is 47.0 Å². The van der Waals surface area contributed by atoms with Gasteiger partial charge in [0.25, 0.3) is 0 Å². The summed E-state index contributed by atoms with van der Waals surface area (Å²) in [6, 6.07) is 0. The topological polar surface area (TPSA) is 0 Å². The van der Waals surface area contributed by atoms with E-state index in [0.29, 0.717) is 0 Å². The van der Waals surface area contributed by atoms with Crippen LogP contribution in [0.25, 0.3) is 0 Å². The molecule has 102 valence electrons. The van der Waals surface area contributed by atoms with E-state index >= 15 is 0 Å². The van der Waals surface area contributed by atoms with Crippen molar-refractivity contribution in [3.8, 4) is 12.3 Å². The van der Waals surface area contributed by atoms with E-state index in [-0.39, 0.29) is 0 Å². The summed E-state index contributed by atoms with van der Waals surface area (Å²) in [6.07, 6.45) is 11.4. The number of nitrogens with zero attached hydrogens (tertiary/aromatic N) is 1. The van der Waals surface area contributed by atoms with E-state index in [1.807, 2.05) is 0 Å². The fourth-order valence-corrected chi connectivity index (χ4v) is 2.27. The molecule has 0 aromatic carbocycles. The first kappa shape index (κ1) is 17.0. The molecule has 0 amide bonds. The maximum Gasteiger partial charge on any atom is 0.140 e. The number of unbranched alkanes of at least 4 members (excludes halogenated alkanes) is 1. The van der Waals surface area contributed by atoms with Crippen LogP contribution in [0.15, 0.2) is 23.8 Å². The van der Waals surface area contributed by atoms with Gasteiger partial charge in [-0.05, 0) is 58.5 Å². The predicted octanol–water partition coefficient (Wildman–Crippen LogP) is 4.17. The minimum atomic E-state index is 0.837. The van der Waals surface area contributed by atoms with Gasteiger partial charge in [-0.25, -0.2) is 0 Å². The molecule has 0 unspecified atom stereocenters. The second kappa shape index (κ2) is 9.00. The van der Waals surface area contributed by atoms with Crippen LogP contribution < -0.4 is 0 Å². The van der Waals surface area contributed by atoms with Crippen molar-refractivity contribution < 1.29 is 4.48 Å². The zero-order chi connectivity index (χ0) is 14.0. The molecule has 0 rings (SSSR count). The van der Waals surface area contributed by atoms with Gasteiger partial charge in [0, 0.05) is 0 Å². The number of quaternary nitrogens is 1. The maximum atomic E-state index is 5.50. The number of hydrogen-bond acceptors (Lipinski definition) is 0. The van der Waals surface area contributed by atoms with Gasteiger partial charge in [0.05, 0.1) is 13.1 Å². The van der Waals surface area contributed by atoms with Gasteiger partial charge >= 0.3 is 0 Å². The van der Waals surface area contributed by atoms with Crippen molar-refractivity contribution in [2.45, 2.75) is 47.0 Å². The van der Waals surface area contributed by atoms with Crippen molar-refractivity contribution >= 4 is 0 Å². The lowest BCUT2D eigenvalue weighted by Gasteiger charge is -2.35. The Morgan fingerprint density at radius 3 is 2.33 bits per heavy atom. The molecule has 0 saturated heterocycles. The van der Waals surface area contributed by atoms with Crippen molar-refractivity contribution in [3.05, 3.63) is 23.8 Å². The van der Waals surface area contributed by atoms with Crippen LogP contribution in [0.3, 0.4) is 0 Å². The molecule has 0 atom stereocenters. The fraction of sp³-hybridized carbons (Fsp3) is 0.647. The lowest BCUT2D eigenvalue weighted by Crippen LogP contribution is -2.49. The van der Waals surface area contributed by atoms with E-state index in [2.05, 4.69) is 46.3 Å². The molecule has 1 heteroatoms. The first-order valence-corrected chi connectivity index (χ1v) is 7.08. The zero-order valence-electron chi connectivity index (χ0n) is 12.8. The SMILES string of the molecule is C#CC[N+](CC)(CC)C/C(C)=C/CCCC(=C)C. The zero-order valence-corrected chi connectivity index (χ0v) is 12.8. The minimum absolute atomic E-state index is 0.837. The van der Waals surface area contributed by atoms with E-state index in [4.69, 9.17) is 6.42 Å². The summed E-state index contributed by atoms with van der Waals surface area (Å²) in [5.41, 5.74) is 2.75. The lowest BCUT2D eigenvalue weighted by molar-refractivity contribution is -0.913. The van der Waals surface area contributed by atoms with Gasteiger partial charge in [-0.1, -0.05) is 11.6 Å². The van der Waals surface area contributed by atoms with Crippen LogP contribution >= 0.6 is 0 Å². The van der Waals surface area contributed by atoms with E-state index in [1.54, 1.807) is 0 Å². The second-order valence-corrected chi connectivity index (χ2v) is 5.39. The van der Waals surface area contributed by atoms with E-state index in [0.717, 1.165) is 43.5 Å². The molecular formula is C17H30N+. The normalized spacial score (nSPS) is 12.3. The first-order valence-electron chi connectivity index (χ1n) is 7.08. The maximum absolute atomic E-state index is 5.50. The molecule has 0 heterocycles. The summed E-state index contributed by atoms with van der Waals surface area (Å²) in [6.45, 7) is 16.9. The molecule has 0 N–H and O–H groups in total. The Balaban J connectivity index is 4.32. The third-order valence-corrected chi connectivity index (χ3v) is 3.65. The van der Waals surface area contributed by atoms with Gasteiger partial charge in [-0.15, -0.1) is 13.0 Å². The summed E-state index contributed by atoms with van der Waals surface area (Å²) in [5.74, 6) is 2.83. The molecule has 0 aliphatic heterocycles. The molecule has 0 fully saturated rings. The average Bonchev–Trinajstić information content (AvgIpc) is 2.34. The van der Waals surface area contributed by atoms with Gasteiger partial charge < -0.3 is 4.48 Å². The summed E-state index contributed by atoms with van der Waals surface area (Å²) in [4.78, 5) is 0. The third kappa shape index (κ3) is 6.67. The third-order valence-electron chi connectivity index (χ3n) is 3.65. The summed E-state index contributed by atoms with van der Waals surface area (Å²) in [7, 11) is 0. The highest BCUT2D eigenvalue weighted by atomic mass is 15.3. The Morgan fingerprint density at radius 2 is 1.89 bits per heavy atom. The minimum Gasteiger partial charge on any atom is -0.311 e. The number of allylic oxidation sites excluding steroid dienone is 2. The number of rotatable bonds is 9. The number of likely N-dealkylation sites (N-methyl/N-ethyl adjacent to an activating group) is 1. The second-order valence-electron chi connectivity index (χ2n) is 5.39. The number of hydrogen-bond donors (Lipinski definition) is 0. The molecule has 0 radical (unpaired) electrons. The molecule has 0 bridgehead atoms. The van der Waals surface area contributed by atoms with Gasteiger partial charge in [0.15, 0.2) is 0 Å². The molecule has 0 saturated carbocycles. The Kier molecular flexibility index (Phi) is 8.50. The Hall–Kier alpha value is -1.00. The van der Waals surface area contributed by atoms with Crippen LogP contribution in [-0.2, 0) is 0 Å². The largest absolute Gasteiger partial charge is 0.311 e. The molecule has 0 aliphatic carbocycles. The highest BCUT2D eigenvalue weighted by Crippen LogP contribution is 2.12. The van der Waals surface area contributed by atoms with Crippen LogP contribution in [0.4, 0.5) is 0 Å². The van der Waals surface area contributed by atoms with Crippen LogP contribution in [-0.4, -0.2) is 30.7 Å². The molecule has 1 nitrogen and oxygen atoms in total. The highest BCUT2D eigenvalue weighted by molar-refractivity contribution is 5.00. The smallest absolute Gasteiger partial charge is 0.140 e. The average molecular weight is 248 g/mol. The van der Waals surface area contributed by atoms with Gasteiger partial charge in [0.2, 0.25) is 0 Å². The molecule has 0 aromatic rings. The van der Waals surface area contributed by atoms with Gasteiger partial charge in [-0.2, -0.15) is 0 Å². The molecular weight excluding hydrogens is 218 g/mol. The fourth-order valence-electron chi connectivity index (χ4n) is 2.27. The van der Waals surface area contributed by atoms with E-state index in [1.165, 1.54) is 17.6 Å². The molecule has 0 aromatic heterocycles. The lowest BCUT2D eigenvalue weighted by atomic mass is 10.1. The first-order chi connectivity index (χ1) is 8.49. The van der Waals surface area contributed by atoms with Crippen LogP contribution in [0.5, 0.6) is 0 Å². The van der Waals surface area contributed by atoms with Crippen molar-refractivity contribution in [2.24, 2.45) is 0 Å².